The van der Waals surface area contributed by atoms with Gasteiger partial charge in [-0.15, -0.1) is 0 Å². The molecule has 8 nitrogen and oxygen atoms in total. The molecule has 132 valence electrons. The van der Waals surface area contributed by atoms with E-state index in [0.717, 1.165) is 0 Å². The van der Waals surface area contributed by atoms with Gasteiger partial charge in [0.1, 0.15) is 6.42 Å². The minimum absolute atomic E-state index is 0.217. The maximum atomic E-state index is 12.8. The number of likely N-dealkylation sites (N-methyl/N-ethyl adjacent to an activating group) is 2. The summed E-state index contributed by atoms with van der Waals surface area (Å²) in [6, 6.07) is 0. The quantitative estimate of drug-likeness (QED) is 0.384. The van der Waals surface area contributed by atoms with Gasteiger partial charge in [0.2, 0.25) is 11.8 Å². The van der Waals surface area contributed by atoms with E-state index in [2.05, 4.69) is 4.74 Å². The molecule has 0 aliphatic carbocycles. The summed E-state index contributed by atoms with van der Waals surface area (Å²) in [5.41, 5.74) is -2.04. The molecule has 0 aromatic rings. The van der Waals surface area contributed by atoms with Gasteiger partial charge in [0.25, 0.3) is 0 Å². The maximum absolute atomic E-state index is 12.8. The fourth-order valence-corrected chi connectivity index (χ4v) is 4.44. The molecule has 10 heteroatoms. The predicted octanol–water partition coefficient (Wildman–Crippen LogP) is 0.120. The topological polar surface area (TPSA) is 73.4 Å². The number of hydrogen-bond acceptors (Lipinski definition) is 6. The fourth-order valence-electron chi connectivity index (χ4n) is 3.49. The van der Waals surface area contributed by atoms with Crippen LogP contribution in [-0.4, -0.2) is 80.1 Å². The smallest absolute Gasteiger partial charge is 0.315 e. The van der Waals surface area contributed by atoms with Crippen LogP contribution in [0.2, 0.25) is 0 Å². The van der Waals surface area contributed by atoms with E-state index in [9.17, 15) is 14.4 Å². The Labute approximate surface area is 151 Å². The van der Waals surface area contributed by atoms with Crippen molar-refractivity contribution in [3.05, 3.63) is 0 Å². The Morgan fingerprint density at radius 1 is 1.00 bits per heavy atom. The second-order valence-corrected chi connectivity index (χ2v) is 6.79. The van der Waals surface area contributed by atoms with Gasteiger partial charge in [0.15, 0.2) is 21.6 Å². The number of fused-ring (bicyclic) bond motifs is 1. The summed E-state index contributed by atoms with van der Waals surface area (Å²) >= 11 is 10.8. The Morgan fingerprint density at radius 2 is 1.46 bits per heavy atom. The average molecular weight is 372 g/mol. The lowest BCUT2D eigenvalue weighted by atomic mass is 9.95. The maximum Gasteiger partial charge on any atom is 0.315 e. The standard InChI is InChI=1S/C14H20N4O4S2/c1-8(19)17-11(23)15(4)13(2)14(17,3)18(12(24)16(13)5)9(20)7-10(21)22-6/h7H2,1-6H3/t13-,14+/m1/s1. The third-order valence-electron chi connectivity index (χ3n) is 5.12. The summed E-state index contributed by atoms with van der Waals surface area (Å²) in [7, 11) is 4.68. The molecule has 0 saturated carbocycles. The van der Waals surface area contributed by atoms with Gasteiger partial charge in [0, 0.05) is 21.0 Å². The third-order valence-corrected chi connectivity index (χ3v) is 6.03. The van der Waals surface area contributed by atoms with Gasteiger partial charge >= 0.3 is 5.97 Å². The Morgan fingerprint density at radius 3 is 1.88 bits per heavy atom. The van der Waals surface area contributed by atoms with Gasteiger partial charge in [-0.1, -0.05) is 0 Å². The number of thiocarbonyl (C=S) groups is 2. The van der Waals surface area contributed by atoms with E-state index in [4.69, 9.17) is 24.4 Å². The number of hydrogen-bond donors (Lipinski definition) is 0. The highest BCUT2D eigenvalue weighted by molar-refractivity contribution is 7.80. The number of nitrogens with zero attached hydrogens (tertiary/aromatic N) is 4. The van der Waals surface area contributed by atoms with E-state index in [0.29, 0.717) is 0 Å². The van der Waals surface area contributed by atoms with Crippen molar-refractivity contribution < 1.29 is 19.1 Å². The van der Waals surface area contributed by atoms with Gasteiger partial charge in [-0.05, 0) is 38.3 Å². The molecular formula is C14H20N4O4S2. The Kier molecular flexibility index (Phi) is 4.34. The van der Waals surface area contributed by atoms with Gasteiger partial charge in [-0.2, -0.15) is 0 Å². The summed E-state index contributed by atoms with van der Waals surface area (Å²) in [5, 5.41) is 0.507. The highest BCUT2D eigenvalue weighted by Gasteiger charge is 2.72. The number of ether oxygens (including phenoxy) is 1. The van der Waals surface area contributed by atoms with Crippen molar-refractivity contribution in [2.75, 3.05) is 21.2 Å². The van der Waals surface area contributed by atoms with Crippen LogP contribution in [0.15, 0.2) is 0 Å². The molecule has 2 heterocycles. The van der Waals surface area contributed by atoms with Crippen molar-refractivity contribution >= 4 is 52.4 Å². The number of carbonyl (C=O) groups is 3. The summed E-state index contributed by atoms with van der Waals surface area (Å²) in [6.07, 6.45) is -0.474. The van der Waals surface area contributed by atoms with E-state index < -0.39 is 29.6 Å². The van der Waals surface area contributed by atoms with Gasteiger partial charge in [-0.3, -0.25) is 24.2 Å². The molecule has 0 spiro atoms. The van der Waals surface area contributed by atoms with Crippen LogP contribution >= 0.6 is 24.4 Å². The van der Waals surface area contributed by atoms with Crippen molar-refractivity contribution in [2.45, 2.75) is 38.5 Å². The van der Waals surface area contributed by atoms with E-state index in [-0.39, 0.29) is 16.1 Å². The van der Waals surface area contributed by atoms with Gasteiger partial charge < -0.3 is 14.5 Å². The summed E-state index contributed by atoms with van der Waals surface area (Å²) < 4.78 is 4.57. The molecule has 2 atom stereocenters. The lowest BCUT2D eigenvalue weighted by Gasteiger charge is -2.43. The van der Waals surface area contributed by atoms with Crippen LogP contribution < -0.4 is 0 Å². The van der Waals surface area contributed by atoms with E-state index in [1.54, 1.807) is 30.8 Å². The molecule has 2 fully saturated rings. The summed E-state index contributed by atoms with van der Waals surface area (Å²) in [6.45, 7) is 4.94. The SMILES string of the molecule is COC(=O)CC(=O)N1C(=S)N(C)[C@@]2(C)N(C)C(=S)N(C(C)=O)[C@@]12C. The van der Waals surface area contributed by atoms with Crippen LogP contribution in [0.25, 0.3) is 0 Å². The first kappa shape index (κ1) is 18.5. The molecule has 0 radical (unpaired) electrons. The molecule has 24 heavy (non-hydrogen) atoms. The molecule has 2 rings (SSSR count). The number of carbonyl (C=O) groups excluding carboxylic acids is 3. The number of rotatable bonds is 2. The second-order valence-electron chi connectivity index (χ2n) is 6.06. The molecular weight excluding hydrogens is 352 g/mol. The first-order valence-electron chi connectivity index (χ1n) is 7.22. The summed E-state index contributed by atoms with van der Waals surface area (Å²) in [4.78, 5) is 42.7. The van der Waals surface area contributed by atoms with Crippen molar-refractivity contribution in [3.63, 3.8) is 0 Å². The van der Waals surface area contributed by atoms with Gasteiger partial charge in [-0.25, -0.2) is 0 Å². The molecule has 0 unspecified atom stereocenters. The molecule has 0 aromatic carbocycles. The lowest BCUT2D eigenvalue weighted by molar-refractivity contribution is -0.150. The molecule has 0 N–H and O–H groups in total. The minimum atomic E-state index is -1.18. The molecule has 2 saturated heterocycles. The molecule has 0 aromatic heterocycles. The van der Waals surface area contributed by atoms with Gasteiger partial charge in [0.05, 0.1) is 7.11 Å². The summed E-state index contributed by atoms with van der Waals surface area (Å²) in [5.74, 6) is -1.53. The Hall–Kier alpha value is -1.81. The number of methoxy groups -OCH3 is 1. The van der Waals surface area contributed by atoms with Crippen LogP contribution in [0, 0.1) is 0 Å². The van der Waals surface area contributed by atoms with Crippen molar-refractivity contribution in [1.29, 1.82) is 0 Å². The first-order valence-corrected chi connectivity index (χ1v) is 8.04. The molecule has 2 aliphatic heterocycles. The highest BCUT2D eigenvalue weighted by atomic mass is 32.1. The van der Waals surface area contributed by atoms with Crippen molar-refractivity contribution in [1.82, 2.24) is 19.6 Å². The zero-order valence-electron chi connectivity index (χ0n) is 14.4. The van der Waals surface area contributed by atoms with Crippen molar-refractivity contribution in [2.24, 2.45) is 0 Å². The Bertz CT molecular complexity index is 669. The molecule has 2 aliphatic rings. The zero-order valence-corrected chi connectivity index (χ0v) is 16.1. The molecule has 0 bridgehead atoms. The van der Waals surface area contributed by atoms with Crippen LogP contribution in [0.3, 0.4) is 0 Å². The lowest BCUT2D eigenvalue weighted by Crippen LogP contribution is -2.65. The third kappa shape index (κ3) is 1.99. The number of esters is 1. The Balaban J connectivity index is 2.63. The largest absolute Gasteiger partial charge is 0.469 e. The van der Waals surface area contributed by atoms with Crippen LogP contribution in [0.5, 0.6) is 0 Å². The number of amides is 2. The van der Waals surface area contributed by atoms with E-state index in [1.165, 1.54) is 23.8 Å². The second kappa shape index (κ2) is 5.62. The van der Waals surface area contributed by atoms with Crippen LogP contribution in [-0.2, 0) is 19.1 Å². The van der Waals surface area contributed by atoms with Crippen LogP contribution in [0.4, 0.5) is 0 Å². The van der Waals surface area contributed by atoms with E-state index >= 15 is 0 Å². The zero-order chi connectivity index (χ0) is 18.6. The average Bonchev–Trinajstić information content (AvgIpc) is 2.74. The monoisotopic (exact) mass is 372 g/mol. The first-order chi connectivity index (χ1) is 11.0. The fraction of sp³-hybridized carbons (Fsp3) is 0.643. The van der Waals surface area contributed by atoms with E-state index in [1.807, 2.05) is 6.92 Å². The minimum Gasteiger partial charge on any atom is -0.469 e. The van der Waals surface area contributed by atoms with Crippen molar-refractivity contribution in [3.8, 4) is 0 Å². The predicted molar refractivity (Wildman–Crippen MR) is 93.5 cm³/mol. The molecule has 2 amide bonds. The highest BCUT2D eigenvalue weighted by Crippen LogP contribution is 2.50. The van der Waals surface area contributed by atoms with Crippen LogP contribution in [0.1, 0.15) is 27.2 Å². The normalized spacial score (nSPS) is 29.2.